The number of pyridine rings is 1. The second-order valence-electron chi connectivity index (χ2n) is 5.21. The Labute approximate surface area is 127 Å². The predicted octanol–water partition coefficient (Wildman–Crippen LogP) is 4.17. The van der Waals surface area contributed by atoms with E-state index >= 15 is 0 Å². The van der Waals surface area contributed by atoms with Crippen molar-refractivity contribution in [3.63, 3.8) is 0 Å². The van der Waals surface area contributed by atoms with Gasteiger partial charge < -0.3 is 9.84 Å². The molecule has 4 heteroatoms. The molecule has 108 valence electrons. The van der Waals surface area contributed by atoms with Gasteiger partial charge >= 0.3 is 0 Å². The normalized spacial score (nSPS) is 12.8. The highest BCUT2D eigenvalue weighted by atomic mass is 32.1. The van der Waals surface area contributed by atoms with Crippen molar-refractivity contribution in [1.82, 2.24) is 4.98 Å². The molecule has 0 saturated heterocycles. The van der Waals surface area contributed by atoms with Gasteiger partial charge in [0.1, 0.15) is 11.9 Å². The van der Waals surface area contributed by atoms with Crippen molar-refractivity contribution in [2.45, 2.75) is 26.1 Å². The Morgan fingerprint density at radius 2 is 2.00 bits per heavy atom. The standard InChI is InChI=1S/C17H17NO2S/c1-11(2)20-13-7-12(8-18-9-13)17(19)15-10-21-16-6-4-3-5-14(15)16/h3-11,17,19H,1-2H3. The first-order chi connectivity index (χ1) is 10.1. The Morgan fingerprint density at radius 1 is 1.19 bits per heavy atom. The van der Waals surface area contributed by atoms with Crippen LogP contribution in [0, 0.1) is 0 Å². The number of ether oxygens (including phenoxy) is 1. The number of fused-ring (bicyclic) bond motifs is 1. The van der Waals surface area contributed by atoms with Crippen molar-refractivity contribution in [2.24, 2.45) is 0 Å². The third kappa shape index (κ3) is 2.91. The van der Waals surface area contributed by atoms with E-state index in [9.17, 15) is 5.11 Å². The van der Waals surface area contributed by atoms with E-state index in [1.165, 1.54) is 4.70 Å². The van der Waals surface area contributed by atoms with Gasteiger partial charge in [-0.25, -0.2) is 0 Å². The number of hydrogen-bond donors (Lipinski definition) is 1. The minimum absolute atomic E-state index is 0.0844. The van der Waals surface area contributed by atoms with Gasteiger partial charge in [0.25, 0.3) is 0 Å². The number of aliphatic hydroxyl groups excluding tert-OH is 1. The minimum Gasteiger partial charge on any atom is -0.489 e. The maximum Gasteiger partial charge on any atom is 0.138 e. The number of aromatic nitrogens is 1. The second-order valence-corrected chi connectivity index (χ2v) is 6.12. The van der Waals surface area contributed by atoms with Gasteiger partial charge in [0.15, 0.2) is 0 Å². The summed E-state index contributed by atoms with van der Waals surface area (Å²) in [5, 5.41) is 13.7. The second kappa shape index (κ2) is 5.84. The quantitative estimate of drug-likeness (QED) is 0.786. The smallest absolute Gasteiger partial charge is 0.138 e. The van der Waals surface area contributed by atoms with E-state index < -0.39 is 6.10 Å². The van der Waals surface area contributed by atoms with Gasteiger partial charge in [0.05, 0.1) is 12.3 Å². The number of aliphatic hydroxyl groups is 1. The van der Waals surface area contributed by atoms with Crippen molar-refractivity contribution >= 4 is 21.4 Å². The molecule has 2 aromatic heterocycles. The van der Waals surface area contributed by atoms with Gasteiger partial charge in [-0.2, -0.15) is 0 Å². The number of thiophene rings is 1. The fourth-order valence-electron chi connectivity index (χ4n) is 2.31. The lowest BCUT2D eigenvalue weighted by Gasteiger charge is -2.13. The molecule has 1 atom stereocenters. The molecular formula is C17H17NO2S. The average molecular weight is 299 g/mol. The molecule has 1 N–H and O–H groups in total. The monoisotopic (exact) mass is 299 g/mol. The third-order valence-corrected chi connectivity index (χ3v) is 4.21. The summed E-state index contributed by atoms with van der Waals surface area (Å²) >= 11 is 1.64. The third-order valence-electron chi connectivity index (χ3n) is 3.23. The van der Waals surface area contributed by atoms with Gasteiger partial charge in [-0.15, -0.1) is 11.3 Å². The van der Waals surface area contributed by atoms with Crippen LogP contribution in [0.5, 0.6) is 5.75 Å². The lowest BCUT2D eigenvalue weighted by Crippen LogP contribution is -2.07. The topological polar surface area (TPSA) is 42.4 Å². The molecule has 2 heterocycles. The van der Waals surface area contributed by atoms with E-state index in [2.05, 4.69) is 11.1 Å². The molecular weight excluding hydrogens is 282 g/mol. The van der Waals surface area contributed by atoms with Gasteiger partial charge in [0.2, 0.25) is 0 Å². The van der Waals surface area contributed by atoms with Crippen LogP contribution in [-0.4, -0.2) is 16.2 Å². The summed E-state index contributed by atoms with van der Waals surface area (Å²) in [6.07, 6.45) is 2.75. The molecule has 0 bridgehead atoms. The zero-order chi connectivity index (χ0) is 14.8. The summed E-state index contributed by atoms with van der Waals surface area (Å²) in [6, 6.07) is 9.94. The molecule has 0 amide bonds. The van der Waals surface area contributed by atoms with Gasteiger partial charge in [-0.05, 0) is 36.7 Å². The Bertz CT molecular complexity index is 751. The first-order valence-electron chi connectivity index (χ1n) is 6.91. The molecule has 3 aromatic rings. The molecule has 0 spiro atoms. The van der Waals surface area contributed by atoms with Crippen molar-refractivity contribution in [1.29, 1.82) is 0 Å². The lowest BCUT2D eigenvalue weighted by atomic mass is 10.0. The minimum atomic E-state index is -0.690. The first kappa shape index (κ1) is 14.0. The van der Waals surface area contributed by atoms with Crippen LogP contribution >= 0.6 is 11.3 Å². The fourth-order valence-corrected chi connectivity index (χ4v) is 3.29. The lowest BCUT2D eigenvalue weighted by molar-refractivity contribution is 0.217. The Kier molecular flexibility index (Phi) is 3.90. The van der Waals surface area contributed by atoms with Crippen LogP contribution in [0.1, 0.15) is 31.1 Å². The van der Waals surface area contributed by atoms with E-state index in [0.717, 1.165) is 16.5 Å². The van der Waals surface area contributed by atoms with Gasteiger partial charge in [0, 0.05) is 22.0 Å². The van der Waals surface area contributed by atoms with E-state index in [0.29, 0.717) is 5.75 Å². The van der Waals surface area contributed by atoms with E-state index in [1.807, 2.05) is 43.5 Å². The maximum absolute atomic E-state index is 10.6. The number of hydrogen-bond acceptors (Lipinski definition) is 4. The van der Waals surface area contributed by atoms with Gasteiger partial charge in [-0.1, -0.05) is 18.2 Å². The largest absolute Gasteiger partial charge is 0.489 e. The van der Waals surface area contributed by atoms with E-state index in [1.54, 1.807) is 23.7 Å². The SMILES string of the molecule is CC(C)Oc1cncc(C(O)c2csc3ccccc23)c1. The van der Waals surface area contributed by atoms with Crippen LogP contribution < -0.4 is 4.74 Å². The van der Waals surface area contributed by atoms with Crippen molar-refractivity contribution < 1.29 is 9.84 Å². The Balaban J connectivity index is 1.96. The molecule has 0 radical (unpaired) electrons. The molecule has 3 rings (SSSR count). The average Bonchev–Trinajstić information content (AvgIpc) is 2.90. The van der Waals surface area contributed by atoms with Crippen LogP contribution in [0.2, 0.25) is 0 Å². The summed E-state index contributed by atoms with van der Waals surface area (Å²) in [7, 11) is 0. The summed E-state index contributed by atoms with van der Waals surface area (Å²) in [6.45, 7) is 3.94. The summed E-state index contributed by atoms with van der Waals surface area (Å²) in [5.74, 6) is 0.682. The zero-order valence-corrected chi connectivity index (χ0v) is 12.8. The maximum atomic E-state index is 10.6. The number of rotatable bonds is 4. The molecule has 0 saturated carbocycles. The highest BCUT2D eigenvalue weighted by Crippen LogP contribution is 2.34. The molecule has 0 aliphatic rings. The molecule has 1 unspecified atom stereocenters. The van der Waals surface area contributed by atoms with Crippen LogP contribution in [0.4, 0.5) is 0 Å². The summed E-state index contributed by atoms with van der Waals surface area (Å²) in [4.78, 5) is 4.17. The first-order valence-corrected chi connectivity index (χ1v) is 7.79. The molecule has 0 fully saturated rings. The van der Waals surface area contributed by atoms with E-state index in [4.69, 9.17) is 4.74 Å². The number of benzene rings is 1. The predicted molar refractivity (Wildman–Crippen MR) is 85.9 cm³/mol. The van der Waals surface area contributed by atoms with Crippen LogP contribution in [-0.2, 0) is 0 Å². The molecule has 0 aliphatic heterocycles. The van der Waals surface area contributed by atoms with Crippen LogP contribution in [0.15, 0.2) is 48.1 Å². The molecule has 3 nitrogen and oxygen atoms in total. The van der Waals surface area contributed by atoms with E-state index in [-0.39, 0.29) is 6.10 Å². The Hall–Kier alpha value is -1.91. The zero-order valence-electron chi connectivity index (χ0n) is 12.0. The Morgan fingerprint density at radius 3 is 2.81 bits per heavy atom. The molecule has 1 aromatic carbocycles. The highest BCUT2D eigenvalue weighted by Gasteiger charge is 2.16. The summed E-state index contributed by atoms with van der Waals surface area (Å²) < 4.78 is 6.81. The fraction of sp³-hybridized carbons (Fsp3) is 0.235. The summed E-state index contributed by atoms with van der Waals surface area (Å²) in [5.41, 5.74) is 1.66. The van der Waals surface area contributed by atoms with Gasteiger partial charge in [-0.3, -0.25) is 4.98 Å². The number of nitrogens with zero attached hydrogens (tertiary/aromatic N) is 1. The van der Waals surface area contributed by atoms with Crippen molar-refractivity contribution in [2.75, 3.05) is 0 Å². The van der Waals surface area contributed by atoms with Crippen LogP contribution in [0.25, 0.3) is 10.1 Å². The molecule has 0 aliphatic carbocycles. The highest BCUT2D eigenvalue weighted by molar-refractivity contribution is 7.17. The van der Waals surface area contributed by atoms with Crippen LogP contribution in [0.3, 0.4) is 0 Å². The molecule has 21 heavy (non-hydrogen) atoms. The van der Waals surface area contributed by atoms with Crippen molar-refractivity contribution in [3.05, 3.63) is 59.2 Å². The van der Waals surface area contributed by atoms with Crippen molar-refractivity contribution in [3.8, 4) is 5.75 Å².